The molecule has 6 atom stereocenters. The van der Waals surface area contributed by atoms with Gasteiger partial charge in [-0.05, 0) is 82.4 Å². The van der Waals surface area contributed by atoms with E-state index in [9.17, 15) is 42.0 Å². The van der Waals surface area contributed by atoms with Crippen molar-refractivity contribution in [3.63, 3.8) is 0 Å². The Hall–Kier alpha value is -4.17. The van der Waals surface area contributed by atoms with E-state index in [-0.39, 0.29) is 48.8 Å². The van der Waals surface area contributed by atoms with E-state index < -0.39 is 53.8 Å². The van der Waals surface area contributed by atoms with Crippen molar-refractivity contribution in [2.45, 2.75) is 109 Å². The van der Waals surface area contributed by atoms with Gasteiger partial charge in [0.15, 0.2) is 0 Å². The molecule has 12 nitrogen and oxygen atoms in total. The number of carbonyl (C=O) groups excluding carboxylic acids is 6. The van der Waals surface area contributed by atoms with Gasteiger partial charge in [-0.2, -0.15) is 5.54 Å². The topological polar surface area (TPSA) is 145 Å². The molecular formula is C33H44F3N5O7. The summed E-state index contributed by atoms with van der Waals surface area (Å²) in [6.45, 7) is 6.57. The van der Waals surface area contributed by atoms with Gasteiger partial charge >= 0.3 is 5.97 Å². The number of nitrogens with zero attached hydrogens (tertiary/aromatic N) is 3. The summed E-state index contributed by atoms with van der Waals surface area (Å²) >= 11 is 0. The highest BCUT2D eigenvalue weighted by Crippen LogP contribution is 2.28. The Bertz CT molecular complexity index is 1380. The van der Waals surface area contributed by atoms with Crippen LogP contribution in [-0.2, 0) is 39.9 Å². The molecule has 15 heteroatoms. The second-order valence-electron chi connectivity index (χ2n) is 13.1. The Balaban J connectivity index is 0.000000312. The van der Waals surface area contributed by atoms with Crippen LogP contribution in [0, 0.1) is 17.6 Å². The van der Waals surface area contributed by atoms with E-state index in [1.54, 1.807) is 23.6 Å². The average Bonchev–Trinajstić information content (AvgIpc) is 3.69. The van der Waals surface area contributed by atoms with E-state index in [0.717, 1.165) is 36.6 Å². The fourth-order valence-electron chi connectivity index (χ4n) is 6.86. The molecule has 4 aliphatic heterocycles. The number of fused-ring (bicyclic) bond motifs is 3. The summed E-state index contributed by atoms with van der Waals surface area (Å²) in [6.07, 6.45) is 3.14. The fraction of sp³-hybridized carbons (Fsp3) is 0.636. The standard InChI is InChI=1S/C24H36N4O6.C9H8F3NO/c1-14-11-19-24(33)34-15(2)12-20(29)26-10-6-8-18(26)23(32)27-9-5-4-7-17(27)21(30)25-16(3)22(31)28(19)13-14;10-7-3-6(4-8(11)5-7)1-2-9(14)13-12/h14-19H,4-13H2,1-3H3,(H,25,30);3-5H,1-2H2,(H,13,14). The molecule has 1 aromatic rings. The third-order valence-electron chi connectivity index (χ3n) is 9.19. The lowest BCUT2D eigenvalue weighted by Gasteiger charge is -2.38. The number of ether oxygens (including phenoxy) is 1. The molecule has 0 spiro atoms. The van der Waals surface area contributed by atoms with Crippen LogP contribution >= 0.6 is 0 Å². The summed E-state index contributed by atoms with van der Waals surface area (Å²) in [5, 5.41) is 2.79. The van der Waals surface area contributed by atoms with Crippen LogP contribution in [0.5, 0.6) is 0 Å². The van der Waals surface area contributed by atoms with Crippen LogP contribution in [0.4, 0.5) is 13.3 Å². The largest absolute Gasteiger partial charge is 0.461 e. The van der Waals surface area contributed by atoms with Gasteiger partial charge in [0.1, 0.15) is 41.9 Å². The molecule has 4 saturated heterocycles. The number of piperidine rings is 1. The van der Waals surface area contributed by atoms with Crippen molar-refractivity contribution in [3.8, 4) is 0 Å². The van der Waals surface area contributed by atoms with Crippen molar-refractivity contribution >= 4 is 35.5 Å². The molecule has 4 heterocycles. The van der Waals surface area contributed by atoms with Gasteiger partial charge < -0.3 is 24.8 Å². The minimum absolute atomic E-state index is 0.0218. The van der Waals surface area contributed by atoms with Crippen molar-refractivity contribution in [2.24, 2.45) is 5.92 Å². The van der Waals surface area contributed by atoms with Crippen LogP contribution in [0.15, 0.2) is 18.2 Å². The molecule has 0 saturated carbocycles. The predicted molar refractivity (Wildman–Crippen MR) is 165 cm³/mol. The smallest absolute Gasteiger partial charge is 0.329 e. The summed E-state index contributed by atoms with van der Waals surface area (Å²) in [6, 6.07) is 0.101. The van der Waals surface area contributed by atoms with E-state index >= 15 is 0 Å². The second kappa shape index (κ2) is 16.3. The van der Waals surface area contributed by atoms with Crippen molar-refractivity contribution in [2.75, 3.05) is 19.6 Å². The summed E-state index contributed by atoms with van der Waals surface area (Å²) in [5.41, 5.74) is 1.26. The Morgan fingerprint density at radius 3 is 2.23 bits per heavy atom. The van der Waals surface area contributed by atoms with Gasteiger partial charge in [-0.15, -0.1) is 4.48 Å². The number of nitrogens with one attached hydrogen (secondary N) is 2. The van der Waals surface area contributed by atoms with E-state index in [2.05, 4.69) is 5.32 Å². The Morgan fingerprint density at radius 2 is 1.54 bits per heavy atom. The first-order valence-electron chi connectivity index (χ1n) is 16.5. The summed E-state index contributed by atoms with van der Waals surface area (Å²) in [7, 11) is 0. The minimum Gasteiger partial charge on any atom is -0.461 e. The lowest BCUT2D eigenvalue weighted by molar-refractivity contribution is -0.160. The highest BCUT2D eigenvalue weighted by Gasteiger charge is 2.44. The van der Waals surface area contributed by atoms with Crippen LogP contribution in [0.1, 0.15) is 77.7 Å². The minimum atomic E-state index is -0.832. The molecule has 48 heavy (non-hydrogen) atoms. The Morgan fingerprint density at radius 1 is 0.875 bits per heavy atom. The van der Waals surface area contributed by atoms with Crippen LogP contribution in [0.25, 0.3) is 0 Å². The number of cyclic esters (lactones) is 1. The molecule has 2 N–H and O–H groups in total. The maximum Gasteiger partial charge on any atom is 0.329 e. The first-order valence-corrected chi connectivity index (χ1v) is 16.5. The zero-order valence-corrected chi connectivity index (χ0v) is 27.5. The Kier molecular flexibility index (Phi) is 12.4. The summed E-state index contributed by atoms with van der Waals surface area (Å²) in [5.74, 6) is -3.80. The van der Waals surface area contributed by atoms with Gasteiger partial charge in [0.2, 0.25) is 29.5 Å². The Labute approximate surface area is 277 Å². The summed E-state index contributed by atoms with van der Waals surface area (Å²) < 4.78 is 42.3. The molecule has 1 aromatic carbocycles. The number of rotatable bonds is 3. The fourth-order valence-corrected chi connectivity index (χ4v) is 6.86. The quantitative estimate of drug-likeness (QED) is 0.369. The van der Waals surface area contributed by atoms with Crippen LogP contribution < -0.4 is 10.9 Å². The average molecular weight is 680 g/mol. The maximum atomic E-state index is 13.5. The van der Waals surface area contributed by atoms with E-state index in [1.807, 2.05) is 6.92 Å². The molecule has 6 unspecified atom stereocenters. The number of halogens is 3. The third kappa shape index (κ3) is 9.04. The van der Waals surface area contributed by atoms with E-state index in [4.69, 9.17) is 4.74 Å². The zero-order valence-electron chi connectivity index (χ0n) is 27.5. The number of hydrogen-bond acceptors (Lipinski definition) is 7. The number of benzene rings is 1. The molecule has 5 rings (SSSR count). The number of esters is 1. The van der Waals surface area contributed by atoms with E-state index in [1.165, 1.54) is 4.90 Å². The normalized spacial score (nSPS) is 28.5. The van der Waals surface area contributed by atoms with Crippen molar-refractivity contribution in [3.05, 3.63) is 35.4 Å². The molecule has 4 fully saturated rings. The van der Waals surface area contributed by atoms with Gasteiger partial charge in [0.25, 0.3) is 0 Å². The molecule has 0 radical (unpaired) electrons. The van der Waals surface area contributed by atoms with Gasteiger partial charge in [-0.3, -0.25) is 24.0 Å². The molecule has 4 aliphatic rings. The predicted octanol–water partition coefficient (Wildman–Crippen LogP) is 2.33. The van der Waals surface area contributed by atoms with Gasteiger partial charge in [-0.25, -0.2) is 13.6 Å². The zero-order chi connectivity index (χ0) is 35.1. The summed E-state index contributed by atoms with van der Waals surface area (Å²) in [4.78, 5) is 81.1. The van der Waals surface area contributed by atoms with Crippen LogP contribution in [-0.4, -0.2) is 100 Å². The monoisotopic (exact) mass is 679 g/mol. The highest BCUT2D eigenvalue weighted by atomic mass is 19.2. The lowest BCUT2D eigenvalue weighted by atomic mass is 9.99. The highest BCUT2D eigenvalue weighted by molar-refractivity contribution is 5.95. The number of hydrogen-bond donors (Lipinski definition) is 2. The molecular weight excluding hydrogens is 635 g/mol. The van der Waals surface area contributed by atoms with E-state index in [0.29, 0.717) is 50.9 Å². The SMILES string of the molecule is CC1CC2C(=O)OC(C)CC(=O)N3CCCC3C(=O)N3CCCCC3C(=O)NC(C)C(=O)N2C1.O=C(CCc1cc(F)cc(F)c1)NF. The van der Waals surface area contributed by atoms with Crippen molar-refractivity contribution in [1.82, 2.24) is 25.6 Å². The van der Waals surface area contributed by atoms with Crippen LogP contribution in [0.3, 0.4) is 0 Å². The third-order valence-corrected chi connectivity index (χ3v) is 9.19. The molecule has 0 bridgehead atoms. The first-order chi connectivity index (χ1) is 22.8. The van der Waals surface area contributed by atoms with Crippen molar-refractivity contribution < 1.29 is 46.8 Å². The first kappa shape index (κ1) is 36.7. The molecule has 5 amide bonds. The molecule has 264 valence electrons. The van der Waals surface area contributed by atoms with Gasteiger partial charge in [-0.1, -0.05) is 6.92 Å². The lowest BCUT2D eigenvalue weighted by Crippen LogP contribution is -2.59. The van der Waals surface area contributed by atoms with Gasteiger partial charge in [0.05, 0.1) is 6.42 Å². The molecule has 0 aliphatic carbocycles. The number of amides is 5. The molecule has 0 aromatic heterocycles. The number of aryl methyl sites for hydroxylation is 1. The van der Waals surface area contributed by atoms with Crippen LogP contribution in [0.2, 0.25) is 0 Å². The number of carbonyl (C=O) groups is 6. The second-order valence-corrected chi connectivity index (χ2v) is 13.1. The van der Waals surface area contributed by atoms with Gasteiger partial charge in [0, 0.05) is 32.1 Å². The van der Waals surface area contributed by atoms with Crippen molar-refractivity contribution in [1.29, 1.82) is 0 Å². The maximum absolute atomic E-state index is 13.5.